The summed E-state index contributed by atoms with van der Waals surface area (Å²) in [6, 6.07) is 14.7. The molecule has 210 valence electrons. The van der Waals surface area contributed by atoms with Gasteiger partial charge in [-0.15, -0.1) is 0 Å². The smallest absolute Gasteiger partial charge is 0.407 e. The van der Waals surface area contributed by atoms with Gasteiger partial charge < -0.3 is 30.0 Å². The molecule has 1 saturated heterocycles. The molecule has 0 saturated carbocycles. The van der Waals surface area contributed by atoms with Gasteiger partial charge in [0.1, 0.15) is 18.5 Å². The maximum Gasteiger partial charge on any atom is 0.407 e. The van der Waals surface area contributed by atoms with Crippen molar-refractivity contribution in [3.63, 3.8) is 0 Å². The predicted molar refractivity (Wildman–Crippen MR) is 144 cm³/mol. The summed E-state index contributed by atoms with van der Waals surface area (Å²) in [5, 5.41) is 17.2. The molecule has 0 bridgehead atoms. The molecule has 1 aliphatic heterocycles. The first kappa shape index (κ1) is 29.9. The largest absolute Gasteiger partial charge is 0.497 e. The summed E-state index contributed by atoms with van der Waals surface area (Å²) < 4.78 is 44.4. The standard InChI is InChI=1S/C27H39N3O7S/c1-20(2)17-30(38(33,34)24-11-9-22(35-3)10-12-24)18-26(31)25(15-21-7-5-4-6-8-21)29-27(32)37-19-23-16-28-13-14-36-23/h4-12,20,23,25-26,28,31H,13-19H2,1-3H3,(H,29,32)/t23-,25+,26-/m1/s1. The predicted octanol–water partition coefficient (Wildman–Crippen LogP) is 2.03. The van der Waals surface area contributed by atoms with Crippen molar-refractivity contribution in [3.05, 3.63) is 60.2 Å². The van der Waals surface area contributed by atoms with E-state index in [1.807, 2.05) is 44.2 Å². The minimum atomic E-state index is -3.93. The van der Waals surface area contributed by atoms with Crippen LogP contribution >= 0.6 is 0 Å². The van der Waals surface area contributed by atoms with Gasteiger partial charge in [0.15, 0.2) is 0 Å². The molecular weight excluding hydrogens is 510 g/mol. The Morgan fingerprint density at radius 3 is 2.47 bits per heavy atom. The molecule has 1 amide bonds. The molecule has 1 fully saturated rings. The number of morpholine rings is 1. The molecule has 3 rings (SSSR count). The van der Waals surface area contributed by atoms with E-state index in [0.29, 0.717) is 18.9 Å². The number of methoxy groups -OCH3 is 1. The van der Waals surface area contributed by atoms with E-state index in [4.69, 9.17) is 14.2 Å². The molecule has 0 aliphatic carbocycles. The maximum absolute atomic E-state index is 13.5. The van der Waals surface area contributed by atoms with Crippen molar-refractivity contribution in [3.8, 4) is 5.75 Å². The number of aliphatic hydroxyl groups excluding tert-OH is 1. The van der Waals surface area contributed by atoms with Crippen LogP contribution < -0.4 is 15.4 Å². The molecule has 0 radical (unpaired) electrons. The van der Waals surface area contributed by atoms with Crippen molar-refractivity contribution in [1.82, 2.24) is 14.9 Å². The molecular formula is C27H39N3O7S. The van der Waals surface area contributed by atoms with E-state index >= 15 is 0 Å². The van der Waals surface area contributed by atoms with E-state index in [1.54, 1.807) is 12.1 Å². The Morgan fingerprint density at radius 2 is 1.87 bits per heavy atom. The van der Waals surface area contributed by atoms with Crippen molar-refractivity contribution < 1.29 is 32.5 Å². The van der Waals surface area contributed by atoms with Gasteiger partial charge in [0.25, 0.3) is 0 Å². The minimum absolute atomic E-state index is 0.00447. The molecule has 3 N–H and O–H groups in total. The fraction of sp³-hybridized carbons (Fsp3) is 0.519. The molecule has 1 heterocycles. The van der Waals surface area contributed by atoms with Crippen LogP contribution in [0.25, 0.3) is 0 Å². The number of carbonyl (C=O) groups excluding carboxylic acids is 1. The van der Waals surface area contributed by atoms with E-state index in [-0.39, 0.29) is 43.0 Å². The van der Waals surface area contributed by atoms with Crippen molar-refractivity contribution in [1.29, 1.82) is 0 Å². The summed E-state index contributed by atoms with van der Waals surface area (Å²) in [6.45, 7) is 5.74. The number of carbonyl (C=O) groups is 1. The number of sulfonamides is 1. The average molecular weight is 550 g/mol. The van der Waals surface area contributed by atoms with Crippen LogP contribution in [0.3, 0.4) is 0 Å². The number of alkyl carbamates (subject to hydrolysis) is 1. The van der Waals surface area contributed by atoms with Gasteiger partial charge in [-0.1, -0.05) is 44.2 Å². The van der Waals surface area contributed by atoms with E-state index < -0.39 is 28.3 Å². The summed E-state index contributed by atoms with van der Waals surface area (Å²) >= 11 is 0. The Kier molecular flexibility index (Phi) is 11.4. The zero-order valence-electron chi connectivity index (χ0n) is 22.2. The highest BCUT2D eigenvalue weighted by Gasteiger charge is 2.32. The summed E-state index contributed by atoms with van der Waals surface area (Å²) in [5.41, 5.74) is 0.880. The lowest BCUT2D eigenvalue weighted by molar-refractivity contribution is -0.0136. The lowest BCUT2D eigenvalue weighted by Gasteiger charge is -2.31. The summed E-state index contributed by atoms with van der Waals surface area (Å²) in [4.78, 5) is 12.8. The molecule has 1 aliphatic rings. The topological polar surface area (TPSA) is 126 Å². The summed E-state index contributed by atoms with van der Waals surface area (Å²) in [7, 11) is -2.42. The van der Waals surface area contributed by atoms with Gasteiger partial charge in [-0.25, -0.2) is 13.2 Å². The molecule has 11 heteroatoms. The Hall–Kier alpha value is -2.70. The lowest BCUT2D eigenvalue weighted by atomic mass is 10.0. The van der Waals surface area contributed by atoms with E-state index in [9.17, 15) is 18.3 Å². The molecule has 3 atom stereocenters. The van der Waals surface area contributed by atoms with Crippen LogP contribution in [0.5, 0.6) is 5.75 Å². The van der Waals surface area contributed by atoms with Gasteiger partial charge in [0.05, 0.1) is 30.8 Å². The second-order valence-corrected chi connectivity index (χ2v) is 11.6. The molecule has 0 aromatic heterocycles. The number of nitrogens with zero attached hydrogens (tertiary/aromatic N) is 1. The fourth-order valence-corrected chi connectivity index (χ4v) is 5.77. The highest BCUT2D eigenvalue weighted by atomic mass is 32.2. The third-order valence-corrected chi connectivity index (χ3v) is 7.97. The van der Waals surface area contributed by atoms with Crippen LogP contribution in [0.1, 0.15) is 19.4 Å². The van der Waals surface area contributed by atoms with Crippen LogP contribution in [-0.4, -0.2) is 88.7 Å². The van der Waals surface area contributed by atoms with Crippen LogP contribution in [0.4, 0.5) is 4.79 Å². The van der Waals surface area contributed by atoms with Gasteiger partial charge in [0, 0.05) is 26.2 Å². The van der Waals surface area contributed by atoms with Crippen LogP contribution in [0.15, 0.2) is 59.5 Å². The van der Waals surface area contributed by atoms with E-state index in [1.165, 1.54) is 23.5 Å². The first-order valence-corrected chi connectivity index (χ1v) is 14.2. The van der Waals surface area contributed by atoms with Crippen LogP contribution in [0, 0.1) is 5.92 Å². The molecule has 0 unspecified atom stereocenters. The van der Waals surface area contributed by atoms with Gasteiger partial charge >= 0.3 is 6.09 Å². The lowest BCUT2D eigenvalue weighted by Crippen LogP contribution is -2.51. The van der Waals surface area contributed by atoms with Crippen molar-refractivity contribution in [2.45, 2.75) is 43.4 Å². The summed E-state index contributed by atoms with van der Waals surface area (Å²) in [6.07, 6.45) is -1.87. The van der Waals surface area contributed by atoms with Crippen molar-refractivity contribution in [2.75, 3.05) is 46.5 Å². The van der Waals surface area contributed by atoms with E-state index in [0.717, 1.165) is 12.1 Å². The average Bonchev–Trinajstić information content (AvgIpc) is 2.92. The third kappa shape index (κ3) is 8.95. The zero-order chi connectivity index (χ0) is 27.5. The Balaban J connectivity index is 1.76. The highest BCUT2D eigenvalue weighted by Crippen LogP contribution is 2.21. The number of nitrogens with one attached hydrogen (secondary N) is 2. The highest BCUT2D eigenvalue weighted by molar-refractivity contribution is 7.89. The van der Waals surface area contributed by atoms with Crippen molar-refractivity contribution in [2.24, 2.45) is 5.92 Å². The maximum atomic E-state index is 13.5. The molecule has 2 aromatic carbocycles. The first-order valence-electron chi connectivity index (χ1n) is 12.8. The molecule has 38 heavy (non-hydrogen) atoms. The SMILES string of the molecule is COc1ccc(S(=O)(=O)N(CC(C)C)C[C@@H](O)[C@H](Cc2ccccc2)NC(=O)OC[C@H]2CNCCO2)cc1. The quantitative estimate of drug-likeness (QED) is 0.347. The number of ether oxygens (including phenoxy) is 3. The number of hydrogen-bond donors (Lipinski definition) is 3. The van der Waals surface area contributed by atoms with Gasteiger partial charge in [-0.2, -0.15) is 4.31 Å². The number of amides is 1. The van der Waals surface area contributed by atoms with Crippen LogP contribution in [0.2, 0.25) is 0 Å². The first-order chi connectivity index (χ1) is 18.2. The Morgan fingerprint density at radius 1 is 1.16 bits per heavy atom. The van der Waals surface area contributed by atoms with Gasteiger partial charge in [-0.05, 0) is 42.2 Å². The number of benzene rings is 2. The number of rotatable bonds is 13. The molecule has 2 aromatic rings. The third-order valence-electron chi connectivity index (χ3n) is 6.13. The monoisotopic (exact) mass is 549 g/mol. The summed E-state index contributed by atoms with van der Waals surface area (Å²) in [5.74, 6) is 0.546. The van der Waals surface area contributed by atoms with Crippen LogP contribution in [-0.2, 0) is 25.9 Å². The normalized spacial score (nSPS) is 17.7. The van der Waals surface area contributed by atoms with E-state index in [2.05, 4.69) is 10.6 Å². The Labute approximate surface area is 225 Å². The Bertz CT molecular complexity index is 1090. The van der Waals surface area contributed by atoms with Gasteiger partial charge in [0.2, 0.25) is 10.0 Å². The fourth-order valence-electron chi connectivity index (χ4n) is 4.15. The molecule has 10 nitrogen and oxygen atoms in total. The second kappa shape index (κ2) is 14.5. The number of hydrogen-bond acceptors (Lipinski definition) is 8. The second-order valence-electron chi connectivity index (χ2n) is 9.69. The molecule has 0 spiro atoms. The zero-order valence-corrected chi connectivity index (χ0v) is 23.0. The van der Waals surface area contributed by atoms with Crippen molar-refractivity contribution >= 4 is 16.1 Å². The number of aliphatic hydroxyl groups is 1. The van der Waals surface area contributed by atoms with Gasteiger partial charge in [-0.3, -0.25) is 0 Å². The minimum Gasteiger partial charge on any atom is -0.497 e.